The zero-order valence-corrected chi connectivity index (χ0v) is 7.12. The van der Waals surface area contributed by atoms with E-state index in [0.717, 1.165) is 0 Å². The highest BCUT2D eigenvalue weighted by atomic mass is 19.4. The minimum absolute atomic E-state index is 0.262. The normalized spacial score (nSPS) is 13.8. The second-order valence-corrected chi connectivity index (χ2v) is 2.53. The van der Waals surface area contributed by atoms with Crippen LogP contribution in [0.15, 0.2) is 11.8 Å². The summed E-state index contributed by atoms with van der Waals surface area (Å²) in [6, 6.07) is 0. The number of hydrogen-bond donors (Lipinski definition) is 1. The first kappa shape index (κ1) is 11.2. The average Bonchev–Trinajstić information content (AvgIpc) is 1.86. The summed E-state index contributed by atoms with van der Waals surface area (Å²) in [5.41, 5.74) is -0.262. The van der Waals surface area contributed by atoms with E-state index in [1.54, 1.807) is 0 Å². The molecule has 0 aromatic rings. The van der Waals surface area contributed by atoms with Gasteiger partial charge in [0.05, 0.1) is 14.1 Å². The van der Waals surface area contributed by atoms with Gasteiger partial charge >= 0.3 is 12.0 Å². The van der Waals surface area contributed by atoms with Crippen LogP contribution in [0.5, 0.6) is 0 Å². The molecule has 70 valence electrons. The largest absolute Gasteiger partial charge is 0.460 e. The maximum absolute atomic E-state index is 11.8. The first-order chi connectivity index (χ1) is 5.30. The van der Waals surface area contributed by atoms with Crippen molar-refractivity contribution in [2.75, 3.05) is 14.1 Å². The Labute approximate surface area is 68.7 Å². The number of likely N-dealkylation sites (N-methyl/N-ethyl adjacent to an activating group) is 1. The molecule has 0 unspecified atom stereocenters. The van der Waals surface area contributed by atoms with Crippen LogP contribution in [0.3, 0.4) is 0 Å². The van der Waals surface area contributed by atoms with Gasteiger partial charge in [0, 0.05) is 0 Å². The van der Waals surface area contributed by atoms with Gasteiger partial charge in [0.2, 0.25) is 0 Å². The molecule has 0 spiro atoms. The van der Waals surface area contributed by atoms with Crippen molar-refractivity contribution < 1.29 is 22.9 Å². The molecule has 0 aliphatic heterocycles. The zero-order chi connectivity index (χ0) is 9.94. The van der Waals surface area contributed by atoms with Gasteiger partial charge < -0.3 is 4.90 Å². The maximum atomic E-state index is 11.8. The van der Waals surface area contributed by atoms with E-state index >= 15 is 0 Å². The van der Waals surface area contributed by atoms with E-state index in [9.17, 15) is 18.0 Å². The summed E-state index contributed by atoms with van der Waals surface area (Å²) in [4.78, 5) is 11.0. The summed E-state index contributed by atoms with van der Waals surface area (Å²) < 4.78 is 35.5. The van der Waals surface area contributed by atoms with Crippen LogP contribution in [0, 0.1) is 0 Å². The Morgan fingerprint density at radius 2 is 1.75 bits per heavy atom. The molecule has 0 heterocycles. The van der Waals surface area contributed by atoms with Crippen molar-refractivity contribution in [3.05, 3.63) is 11.8 Å². The number of Topliss-reactive ketones (excluding diaryl/α,β-unsaturated/α-hetero) is 1. The van der Waals surface area contributed by atoms with Crippen LogP contribution in [-0.2, 0) is 4.79 Å². The molecule has 1 N–H and O–H groups in total. The number of halogens is 3. The summed E-state index contributed by atoms with van der Waals surface area (Å²) in [6.45, 7) is 1.41. The molecule has 0 rings (SSSR count). The van der Waals surface area contributed by atoms with Crippen LogP contribution < -0.4 is 4.90 Å². The van der Waals surface area contributed by atoms with E-state index in [0.29, 0.717) is 4.90 Å². The molecule has 0 aromatic carbocycles. The number of ketones is 1. The van der Waals surface area contributed by atoms with Crippen molar-refractivity contribution in [2.45, 2.75) is 13.1 Å². The average molecular weight is 182 g/mol. The van der Waals surface area contributed by atoms with Gasteiger partial charge in [-0.15, -0.1) is 0 Å². The van der Waals surface area contributed by atoms with Gasteiger partial charge in [-0.1, -0.05) is 0 Å². The molecule has 0 aromatic heterocycles. The SMILES string of the molecule is C/C=C(/C(=O)C(F)(F)F)[NH+](C)C. The predicted molar refractivity (Wildman–Crippen MR) is 37.6 cm³/mol. The van der Waals surface area contributed by atoms with E-state index in [-0.39, 0.29) is 5.70 Å². The maximum Gasteiger partial charge on any atom is 0.460 e. The Morgan fingerprint density at radius 3 is 1.83 bits per heavy atom. The van der Waals surface area contributed by atoms with Gasteiger partial charge in [0.1, 0.15) is 0 Å². The van der Waals surface area contributed by atoms with Gasteiger partial charge in [-0.05, 0) is 13.0 Å². The Morgan fingerprint density at radius 1 is 1.33 bits per heavy atom. The third-order valence-electron chi connectivity index (χ3n) is 1.33. The summed E-state index contributed by atoms with van der Waals surface area (Å²) in [6.07, 6.45) is -3.59. The molecular weight excluding hydrogens is 171 g/mol. The lowest BCUT2D eigenvalue weighted by atomic mass is 10.2. The molecule has 0 atom stereocenters. The molecule has 12 heavy (non-hydrogen) atoms. The molecule has 0 radical (unpaired) electrons. The van der Waals surface area contributed by atoms with Crippen molar-refractivity contribution in [3.8, 4) is 0 Å². The molecule has 5 heteroatoms. The van der Waals surface area contributed by atoms with Crippen LogP contribution >= 0.6 is 0 Å². The molecule has 0 aliphatic carbocycles. The Bertz CT molecular complexity index is 205. The fourth-order valence-corrected chi connectivity index (χ4v) is 0.800. The lowest BCUT2D eigenvalue weighted by molar-refractivity contribution is -0.811. The number of nitrogens with one attached hydrogen (secondary N) is 1. The third-order valence-corrected chi connectivity index (χ3v) is 1.33. The van der Waals surface area contributed by atoms with Crippen molar-refractivity contribution in [2.24, 2.45) is 0 Å². The topological polar surface area (TPSA) is 21.5 Å². The molecule has 0 aliphatic rings. The molecular formula is C7H11F3NO+. The van der Waals surface area contributed by atoms with Crippen LogP contribution in [0.2, 0.25) is 0 Å². The van der Waals surface area contributed by atoms with Crippen molar-refractivity contribution in [1.29, 1.82) is 0 Å². The fourth-order valence-electron chi connectivity index (χ4n) is 0.800. The highest BCUT2D eigenvalue weighted by Gasteiger charge is 2.43. The van der Waals surface area contributed by atoms with E-state index in [1.807, 2.05) is 0 Å². The quantitative estimate of drug-likeness (QED) is 0.604. The minimum atomic E-state index is -4.76. The Hall–Kier alpha value is -0.840. The van der Waals surface area contributed by atoms with Crippen LogP contribution in [0.1, 0.15) is 6.92 Å². The van der Waals surface area contributed by atoms with Gasteiger partial charge in [-0.3, -0.25) is 4.79 Å². The first-order valence-electron chi connectivity index (χ1n) is 3.39. The second kappa shape index (κ2) is 3.71. The lowest BCUT2D eigenvalue weighted by Crippen LogP contribution is -3.05. The molecule has 0 fully saturated rings. The molecule has 0 saturated heterocycles. The minimum Gasteiger partial charge on any atom is -0.304 e. The first-order valence-corrected chi connectivity index (χ1v) is 3.39. The van der Waals surface area contributed by atoms with Crippen molar-refractivity contribution in [1.82, 2.24) is 0 Å². The molecule has 0 saturated carbocycles. The number of quaternary nitrogens is 1. The smallest absolute Gasteiger partial charge is 0.304 e. The Balaban J connectivity index is 4.69. The van der Waals surface area contributed by atoms with E-state index in [1.165, 1.54) is 27.1 Å². The van der Waals surface area contributed by atoms with E-state index < -0.39 is 12.0 Å². The summed E-state index contributed by atoms with van der Waals surface area (Å²) >= 11 is 0. The predicted octanol–water partition coefficient (Wildman–Crippen LogP) is 0.166. The number of allylic oxidation sites excluding steroid dienone is 2. The summed E-state index contributed by atoms with van der Waals surface area (Å²) in [7, 11) is 2.94. The lowest BCUT2D eigenvalue weighted by Gasteiger charge is -2.11. The molecule has 0 bridgehead atoms. The molecule has 0 amide bonds. The summed E-state index contributed by atoms with van der Waals surface area (Å²) in [5, 5.41) is 0. The zero-order valence-electron chi connectivity index (χ0n) is 7.12. The highest BCUT2D eigenvalue weighted by molar-refractivity contribution is 5.97. The second-order valence-electron chi connectivity index (χ2n) is 2.53. The third kappa shape index (κ3) is 2.65. The fraction of sp³-hybridized carbons (Fsp3) is 0.571. The standard InChI is InChI=1S/C7H10F3NO/c1-4-5(11(2)3)6(12)7(8,9)10/h4H,1-3H3/p+1/b5-4-. The van der Waals surface area contributed by atoms with Crippen LogP contribution in [-0.4, -0.2) is 26.1 Å². The number of rotatable bonds is 2. The number of alkyl halides is 3. The monoisotopic (exact) mass is 182 g/mol. The van der Waals surface area contributed by atoms with E-state index in [2.05, 4.69) is 0 Å². The van der Waals surface area contributed by atoms with Gasteiger partial charge in [0.25, 0.3) is 0 Å². The van der Waals surface area contributed by atoms with Crippen molar-refractivity contribution in [3.63, 3.8) is 0 Å². The van der Waals surface area contributed by atoms with E-state index in [4.69, 9.17) is 0 Å². The molecule has 2 nitrogen and oxygen atoms in total. The number of carbonyl (C=O) groups excluding carboxylic acids is 1. The van der Waals surface area contributed by atoms with Gasteiger partial charge in [-0.2, -0.15) is 13.2 Å². The Kier molecular flexibility index (Phi) is 3.45. The van der Waals surface area contributed by atoms with Crippen LogP contribution in [0.4, 0.5) is 13.2 Å². The highest BCUT2D eigenvalue weighted by Crippen LogP contribution is 2.18. The van der Waals surface area contributed by atoms with Gasteiger partial charge in [0.15, 0.2) is 5.70 Å². The number of carbonyl (C=O) groups is 1. The summed E-state index contributed by atoms with van der Waals surface area (Å²) in [5.74, 6) is -1.77. The van der Waals surface area contributed by atoms with Gasteiger partial charge in [-0.25, -0.2) is 0 Å². The number of hydrogen-bond acceptors (Lipinski definition) is 1. The van der Waals surface area contributed by atoms with Crippen molar-refractivity contribution >= 4 is 5.78 Å². The van der Waals surface area contributed by atoms with Crippen LogP contribution in [0.25, 0.3) is 0 Å².